The van der Waals surface area contributed by atoms with E-state index in [2.05, 4.69) is 300 Å². The van der Waals surface area contributed by atoms with Gasteiger partial charge in [0.2, 0.25) is 0 Å². The largest absolute Gasteiger partial charge is 0.0683 e. The number of rotatable bonds is 0. The van der Waals surface area contributed by atoms with Gasteiger partial charge in [0, 0.05) is 0 Å². The first-order chi connectivity index (χ1) is 43.8. The molecule has 470 valence electrons. The molecule has 0 aliphatic rings. The van der Waals surface area contributed by atoms with Crippen molar-refractivity contribution < 1.29 is 0 Å². The van der Waals surface area contributed by atoms with Crippen molar-refractivity contribution in [3.63, 3.8) is 0 Å². The van der Waals surface area contributed by atoms with E-state index in [4.69, 9.17) is 0 Å². The molecule has 0 saturated carbocycles. The maximum Gasteiger partial charge on any atom is -0.0103 e. The highest BCUT2D eigenvalue weighted by Gasteiger charge is 2.08. The molecule has 0 heterocycles. The van der Waals surface area contributed by atoms with E-state index in [1.807, 2.05) is 96.9 Å². The summed E-state index contributed by atoms with van der Waals surface area (Å²) >= 11 is 0. The zero-order valence-electron chi connectivity index (χ0n) is 59.9. The van der Waals surface area contributed by atoms with Gasteiger partial charge in [-0.3, -0.25) is 0 Å². The lowest BCUT2D eigenvalue weighted by Gasteiger charge is -2.11. The number of hydrogen-bond acceptors (Lipinski definition) is 0. The molecule has 14 aromatic rings. The van der Waals surface area contributed by atoms with Crippen LogP contribution in [0.3, 0.4) is 0 Å². The third kappa shape index (κ3) is 19.7. The minimum atomic E-state index is 1.32. The molecule has 0 saturated heterocycles. The van der Waals surface area contributed by atoms with Crippen LogP contribution in [0, 0.1) is 69.2 Å². The normalized spacial score (nSPS) is 9.78. The summed E-state index contributed by atoms with van der Waals surface area (Å²) in [5.41, 5.74) is 13.4. The first-order valence-corrected chi connectivity index (χ1v) is 33.8. The summed E-state index contributed by atoms with van der Waals surface area (Å²) in [6.45, 7) is 49.6. The first kappa shape index (κ1) is 75.7. The van der Waals surface area contributed by atoms with Crippen molar-refractivity contribution in [3.8, 4) is 0 Å². The van der Waals surface area contributed by atoms with E-state index in [1.165, 1.54) is 153 Å². The van der Waals surface area contributed by atoms with Crippen LogP contribution < -0.4 is 0 Å². The Labute approximate surface area is 546 Å². The fourth-order valence-corrected chi connectivity index (χ4v) is 11.1. The molecule has 0 amide bonds. The predicted octanol–water partition coefficient (Wildman–Crippen LogP) is 29.1. The van der Waals surface area contributed by atoms with Crippen LogP contribution in [0.25, 0.3) is 97.0 Å². The average molecular weight is 1190 g/mol. The van der Waals surface area contributed by atoms with Gasteiger partial charge in [0.1, 0.15) is 0 Å². The predicted molar refractivity (Wildman–Crippen MR) is 417 cm³/mol. The first-order valence-electron chi connectivity index (χ1n) is 33.8. The van der Waals surface area contributed by atoms with Gasteiger partial charge in [-0.15, -0.1) is 0 Å². The van der Waals surface area contributed by atoms with Crippen molar-refractivity contribution in [2.24, 2.45) is 0 Å². The Morgan fingerprint density at radius 2 is 0.422 bits per heavy atom. The number of fused-ring (bicyclic) bond motifs is 11. The highest BCUT2D eigenvalue weighted by molar-refractivity contribution is 6.10. The minimum Gasteiger partial charge on any atom is -0.0683 e. The van der Waals surface area contributed by atoms with E-state index in [-0.39, 0.29) is 0 Å². The summed E-state index contributed by atoms with van der Waals surface area (Å²) in [6, 6.07) is 83.4. The topological polar surface area (TPSA) is 0 Å². The van der Waals surface area contributed by atoms with Gasteiger partial charge in [0.05, 0.1) is 0 Å². The molecule has 0 N–H and O–H groups in total. The maximum atomic E-state index is 2.27. The fraction of sp³-hybridized carbons (Fsp3) is 0.267. The Balaban J connectivity index is 0.000000280. The van der Waals surface area contributed by atoms with Crippen molar-refractivity contribution in [3.05, 3.63) is 286 Å². The Hall–Kier alpha value is -8.58. The van der Waals surface area contributed by atoms with Gasteiger partial charge < -0.3 is 0 Å². The molecule has 0 aliphatic carbocycles. The van der Waals surface area contributed by atoms with Gasteiger partial charge in [-0.2, -0.15) is 0 Å². The summed E-state index contributed by atoms with van der Waals surface area (Å²) in [5, 5.41) is 24.3. The van der Waals surface area contributed by atoms with E-state index >= 15 is 0 Å². The molecule has 90 heavy (non-hydrogen) atoms. The Morgan fingerprint density at radius 3 is 0.811 bits per heavy atom. The Bertz CT molecular complexity index is 4200. The second-order valence-corrected chi connectivity index (χ2v) is 21.2. The molecule has 0 spiro atoms. The quantitative estimate of drug-likeness (QED) is 0.105. The van der Waals surface area contributed by atoms with Crippen LogP contribution in [0.2, 0.25) is 0 Å². The van der Waals surface area contributed by atoms with E-state index in [0.717, 1.165) is 0 Å². The summed E-state index contributed by atoms with van der Waals surface area (Å²) in [4.78, 5) is 0. The molecule has 0 aliphatic heterocycles. The third-order valence-electron chi connectivity index (χ3n) is 15.2. The molecular formula is C90H110. The second kappa shape index (κ2) is 39.4. The van der Waals surface area contributed by atoms with Gasteiger partial charge in [-0.05, 0) is 201 Å². The van der Waals surface area contributed by atoms with Crippen LogP contribution in [0.15, 0.2) is 231 Å². The van der Waals surface area contributed by atoms with E-state index in [0.29, 0.717) is 0 Å². The Morgan fingerprint density at radius 1 is 0.144 bits per heavy atom. The molecular weight excluding hydrogens is 1080 g/mol. The van der Waals surface area contributed by atoms with Gasteiger partial charge in [-0.25, -0.2) is 0 Å². The van der Waals surface area contributed by atoms with Crippen molar-refractivity contribution in [2.75, 3.05) is 0 Å². The highest BCUT2D eigenvalue weighted by atomic mass is 14.1. The lowest BCUT2D eigenvalue weighted by Crippen LogP contribution is -1.87. The van der Waals surface area contributed by atoms with E-state index in [9.17, 15) is 0 Å². The van der Waals surface area contributed by atoms with Crippen LogP contribution in [-0.2, 0) is 0 Å². The van der Waals surface area contributed by atoms with Crippen LogP contribution in [0.5, 0.6) is 0 Å². The fourth-order valence-electron chi connectivity index (χ4n) is 11.1. The molecule has 0 unspecified atom stereocenters. The molecule has 0 radical (unpaired) electrons. The smallest absolute Gasteiger partial charge is 0.0103 e. The van der Waals surface area contributed by atoms with Gasteiger partial charge in [0.15, 0.2) is 0 Å². The molecule has 0 fully saturated rings. The van der Waals surface area contributed by atoms with E-state index in [1.54, 1.807) is 0 Å². The lowest BCUT2D eigenvalue weighted by atomic mass is 9.93. The highest BCUT2D eigenvalue weighted by Crippen LogP contribution is 2.33. The van der Waals surface area contributed by atoms with Crippen LogP contribution in [0.1, 0.15) is 153 Å². The third-order valence-corrected chi connectivity index (χ3v) is 15.2. The summed E-state index contributed by atoms with van der Waals surface area (Å²) < 4.78 is 0. The average Bonchev–Trinajstić information content (AvgIpc) is 0.831. The van der Waals surface area contributed by atoms with Crippen LogP contribution in [0.4, 0.5) is 0 Å². The van der Waals surface area contributed by atoms with E-state index < -0.39 is 0 Å². The maximum absolute atomic E-state index is 2.27. The van der Waals surface area contributed by atoms with Crippen molar-refractivity contribution in [2.45, 2.75) is 166 Å². The zero-order chi connectivity index (χ0) is 67.0. The summed E-state index contributed by atoms with van der Waals surface area (Å²) in [5.74, 6) is 0. The Kier molecular flexibility index (Phi) is 33.2. The molecule has 14 rings (SSSR count). The number of hydrogen-bond donors (Lipinski definition) is 0. The zero-order valence-corrected chi connectivity index (χ0v) is 59.9. The van der Waals surface area contributed by atoms with Crippen LogP contribution in [-0.4, -0.2) is 0 Å². The molecule has 0 nitrogen and oxygen atoms in total. The molecule has 0 atom stereocenters. The van der Waals surface area contributed by atoms with Gasteiger partial charge in [-0.1, -0.05) is 349 Å². The molecule has 0 heteroatoms. The van der Waals surface area contributed by atoms with Crippen molar-refractivity contribution in [1.29, 1.82) is 0 Å². The van der Waals surface area contributed by atoms with Crippen LogP contribution >= 0.6 is 0 Å². The summed E-state index contributed by atoms with van der Waals surface area (Å²) in [6.07, 6.45) is 0. The molecule has 0 aromatic heterocycles. The SMILES string of the molecule is CC.CC.CC.CC.CC.CC.CC.Cc1c2ccccc2c(C)c2ccccc12.Cc1ccc2c(C)cccc2c1.Cc1ccc2c(ccc3cc(C)ccc32)c1.Cc1ccc2cc(C)c3ccccc3c2c1.Cc1ccc2cc3cc(C)ccc3cc2c1. The summed E-state index contributed by atoms with van der Waals surface area (Å²) in [7, 11) is 0. The molecule has 14 aromatic carbocycles. The van der Waals surface area contributed by atoms with Gasteiger partial charge >= 0.3 is 0 Å². The van der Waals surface area contributed by atoms with Crippen molar-refractivity contribution in [1.82, 2.24) is 0 Å². The molecule has 0 bridgehead atoms. The standard InChI is InChI=1S/4C16H14.C12H12.7C2H6/c1-11-3-7-15-13(9-11)5-6-14-10-12(2)4-8-16(14)15;1-11-3-5-13-10-16-8-12(2)4-6-14(16)9-15(13)7-11;1-11-13-7-3-5-9-15(13)12(2)16-10-6-4-8-14(11)16;1-11-7-8-13-10-12(2)14-5-3-4-6-15(14)16(13)9-11;1-9-6-7-12-10(2)4-3-5-11(12)8-9;7*1-2/h4*3-10H,1-2H3;3-8H,1-2H3;7*1-2H3. The van der Waals surface area contributed by atoms with Gasteiger partial charge in [0.25, 0.3) is 0 Å². The number of benzene rings is 14. The monoisotopic (exact) mass is 1190 g/mol. The van der Waals surface area contributed by atoms with Crippen molar-refractivity contribution >= 4 is 97.0 Å². The minimum absolute atomic E-state index is 1.32. The number of aryl methyl sites for hydroxylation is 10. The lowest BCUT2D eigenvalue weighted by molar-refractivity contribution is 1.48. The second-order valence-electron chi connectivity index (χ2n) is 21.2.